The highest BCUT2D eigenvalue weighted by molar-refractivity contribution is 5.95. The molecule has 24 heavy (non-hydrogen) atoms. The molecule has 126 valence electrons. The van der Waals surface area contributed by atoms with Crippen LogP contribution in [0.3, 0.4) is 0 Å². The Balaban J connectivity index is 1.88. The predicted molar refractivity (Wildman–Crippen MR) is 91.3 cm³/mol. The summed E-state index contributed by atoms with van der Waals surface area (Å²) in [6, 6.07) is 9.52. The zero-order chi connectivity index (χ0) is 17.1. The van der Waals surface area contributed by atoms with Crippen molar-refractivity contribution in [3.05, 3.63) is 58.9 Å². The summed E-state index contributed by atoms with van der Waals surface area (Å²) >= 11 is 0. The molecule has 1 unspecified atom stereocenters. The molecule has 0 saturated carbocycles. The fourth-order valence-electron chi connectivity index (χ4n) is 2.91. The van der Waals surface area contributed by atoms with E-state index in [9.17, 15) is 4.79 Å². The van der Waals surface area contributed by atoms with Crippen LogP contribution < -0.4 is 10.5 Å². The highest BCUT2D eigenvalue weighted by atomic mass is 16.5. The Bertz CT molecular complexity index is 722. The Kier molecular flexibility index (Phi) is 4.81. The molecular formula is C19H22N2O3. The van der Waals surface area contributed by atoms with E-state index in [0.29, 0.717) is 24.5 Å². The molecule has 0 aliphatic carbocycles. The maximum Gasteiger partial charge on any atom is 0.249 e. The van der Waals surface area contributed by atoms with E-state index >= 15 is 0 Å². The van der Waals surface area contributed by atoms with Gasteiger partial charge in [0.25, 0.3) is 0 Å². The molecule has 0 spiro atoms. The van der Waals surface area contributed by atoms with Gasteiger partial charge in [-0.2, -0.15) is 0 Å². The minimum Gasteiger partial charge on any atom is -0.488 e. The van der Waals surface area contributed by atoms with E-state index in [1.807, 2.05) is 44.3 Å². The van der Waals surface area contributed by atoms with Crippen LogP contribution in [0, 0.1) is 6.92 Å². The van der Waals surface area contributed by atoms with E-state index in [0.717, 1.165) is 23.2 Å². The number of aromatic nitrogens is 1. The molecule has 2 heterocycles. The van der Waals surface area contributed by atoms with E-state index in [-0.39, 0.29) is 12.0 Å². The maximum atomic E-state index is 11.9. The molecule has 0 bridgehead atoms. The molecule has 2 N–H and O–H groups in total. The number of carbonyl (C=O) groups excluding carboxylic acids is 1. The fraction of sp³-hybridized carbons (Fsp3) is 0.368. The number of nitrogens with two attached hydrogens (primary N) is 1. The van der Waals surface area contributed by atoms with Gasteiger partial charge in [-0.25, -0.2) is 0 Å². The van der Waals surface area contributed by atoms with Crippen LogP contribution in [0.4, 0.5) is 0 Å². The quantitative estimate of drug-likeness (QED) is 0.917. The second-order valence-corrected chi connectivity index (χ2v) is 6.17. The normalized spacial score (nSPS) is 18.3. The molecule has 5 nitrogen and oxygen atoms in total. The van der Waals surface area contributed by atoms with E-state index in [2.05, 4.69) is 4.98 Å². The number of nitrogens with zero attached hydrogens (tertiary/aromatic N) is 1. The number of amides is 1. The number of aryl methyl sites for hydroxylation is 1. The number of ether oxygens (including phenoxy) is 2. The molecule has 5 heteroatoms. The summed E-state index contributed by atoms with van der Waals surface area (Å²) in [6.45, 7) is 5.28. The lowest BCUT2D eigenvalue weighted by molar-refractivity contribution is 0.0998. The van der Waals surface area contributed by atoms with Gasteiger partial charge in [-0.1, -0.05) is 19.1 Å². The molecule has 0 radical (unpaired) electrons. The van der Waals surface area contributed by atoms with E-state index in [1.165, 1.54) is 0 Å². The standard InChI is InChI=1S/C19H22N2O3/c1-12-3-4-14(10-21-12)13(2)17-6-5-15(9-18(17)19(20)22)24-16-7-8-23-11-16/h3-6,9-10,13,16H,7-8,11H2,1-2H3,(H2,20,22)/t13-,16?/m0/s1. The van der Waals surface area contributed by atoms with E-state index in [4.69, 9.17) is 15.2 Å². The lowest BCUT2D eigenvalue weighted by atomic mass is 9.90. The van der Waals surface area contributed by atoms with Crippen LogP contribution in [-0.4, -0.2) is 30.2 Å². The van der Waals surface area contributed by atoms with Crippen molar-refractivity contribution in [2.75, 3.05) is 13.2 Å². The smallest absolute Gasteiger partial charge is 0.249 e. The summed E-state index contributed by atoms with van der Waals surface area (Å²) in [7, 11) is 0. The Hall–Kier alpha value is -2.40. The SMILES string of the molecule is Cc1ccc([C@H](C)c2ccc(OC3CCOC3)cc2C(N)=O)cn1. The molecule has 1 aromatic heterocycles. The van der Waals surface area contributed by atoms with Crippen LogP contribution >= 0.6 is 0 Å². The van der Waals surface area contributed by atoms with Crippen LogP contribution in [0.25, 0.3) is 0 Å². The topological polar surface area (TPSA) is 74.4 Å². The number of hydrogen-bond acceptors (Lipinski definition) is 4. The monoisotopic (exact) mass is 326 g/mol. The van der Waals surface area contributed by atoms with Crippen molar-refractivity contribution in [1.82, 2.24) is 4.98 Å². The van der Waals surface area contributed by atoms with Crippen molar-refractivity contribution < 1.29 is 14.3 Å². The third kappa shape index (κ3) is 3.57. The van der Waals surface area contributed by atoms with Gasteiger partial charge in [0.05, 0.1) is 13.2 Å². The van der Waals surface area contributed by atoms with E-state index < -0.39 is 5.91 Å². The lowest BCUT2D eigenvalue weighted by Gasteiger charge is -2.18. The number of pyridine rings is 1. The second kappa shape index (κ2) is 7.01. The average molecular weight is 326 g/mol. The van der Waals surface area contributed by atoms with Gasteiger partial charge in [0.15, 0.2) is 0 Å². The summed E-state index contributed by atoms with van der Waals surface area (Å²) < 4.78 is 11.2. The Labute approximate surface area is 141 Å². The largest absolute Gasteiger partial charge is 0.488 e. The summed E-state index contributed by atoms with van der Waals surface area (Å²) in [5.41, 5.74) is 8.96. The number of carbonyl (C=O) groups is 1. The molecule has 1 saturated heterocycles. The van der Waals surface area contributed by atoms with Crippen LogP contribution in [0.15, 0.2) is 36.5 Å². The van der Waals surface area contributed by atoms with Crippen molar-refractivity contribution in [3.8, 4) is 5.75 Å². The Morgan fingerprint density at radius 2 is 2.21 bits per heavy atom. The lowest BCUT2D eigenvalue weighted by Crippen LogP contribution is -2.18. The third-order valence-corrected chi connectivity index (χ3v) is 4.38. The number of rotatable bonds is 5. The highest BCUT2D eigenvalue weighted by Gasteiger charge is 2.20. The summed E-state index contributed by atoms with van der Waals surface area (Å²) in [4.78, 5) is 16.3. The molecule has 1 aromatic carbocycles. The fourth-order valence-corrected chi connectivity index (χ4v) is 2.91. The van der Waals surface area contributed by atoms with Gasteiger partial charge in [0.2, 0.25) is 5.91 Å². The third-order valence-electron chi connectivity index (χ3n) is 4.38. The summed E-state index contributed by atoms with van der Waals surface area (Å²) in [6.07, 6.45) is 2.74. The van der Waals surface area contributed by atoms with Gasteiger partial charge >= 0.3 is 0 Å². The molecule has 1 aliphatic rings. The number of hydrogen-bond donors (Lipinski definition) is 1. The second-order valence-electron chi connectivity index (χ2n) is 6.17. The first kappa shape index (κ1) is 16.5. The predicted octanol–water partition coefficient (Wildman–Crippen LogP) is 2.81. The van der Waals surface area contributed by atoms with Crippen molar-refractivity contribution in [2.45, 2.75) is 32.3 Å². The minimum atomic E-state index is -0.454. The van der Waals surface area contributed by atoms with E-state index in [1.54, 1.807) is 6.07 Å². The van der Waals surface area contributed by atoms with Crippen LogP contribution in [0.1, 0.15) is 46.4 Å². The first-order chi connectivity index (χ1) is 11.5. The number of primary amides is 1. The first-order valence-corrected chi connectivity index (χ1v) is 8.15. The molecule has 1 amide bonds. The summed E-state index contributed by atoms with van der Waals surface area (Å²) in [5, 5.41) is 0. The highest BCUT2D eigenvalue weighted by Crippen LogP contribution is 2.30. The molecule has 1 fully saturated rings. The van der Waals surface area contributed by atoms with Gasteiger partial charge in [0, 0.05) is 29.8 Å². The van der Waals surface area contributed by atoms with Crippen molar-refractivity contribution in [3.63, 3.8) is 0 Å². The molecule has 2 aromatic rings. The van der Waals surface area contributed by atoms with Crippen molar-refractivity contribution in [2.24, 2.45) is 5.73 Å². The molecular weight excluding hydrogens is 304 g/mol. The van der Waals surface area contributed by atoms with Gasteiger partial charge in [-0.3, -0.25) is 9.78 Å². The van der Waals surface area contributed by atoms with Crippen LogP contribution in [-0.2, 0) is 4.74 Å². The molecule has 1 aliphatic heterocycles. The van der Waals surface area contributed by atoms with Crippen LogP contribution in [0.5, 0.6) is 5.75 Å². The zero-order valence-electron chi connectivity index (χ0n) is 14.0. The van der Waals surface area contributed by atoms with Crippen molar-refractivity contribution >= 4 is 5.91 Å². The van der Waals surface area contributed by atoms with Gasteiger partial charge < -0.3 is 15.2 Å². The Morgan fingerprint density at radius 3 is 2.83 bits per heavy atom. The minimum absolute atomic E-state index is 0.0180. The maximum absolute atomic E-state index is 11.9. The first-order valence-electron chi connectivity index (χ1n) is 8.15. The van der Waals surface area contributed by atoms with Gasteiger partial charge in [-0.05, 0) is 36.2 Å². The Morgan fingerprint density at radius 1 is 1.38 bits per heavy atom. The van der Waals surface area contributed by atoms with Gasteiger partial charge in [-0.15, -0.1) is 0 Å². The number of benzene rings is 1. The average Bonchev–Trinajstić information content (AvgIpc) is 3.08. The molecule has 3 rings (SSSR count). The zero-order valence-corrected chi connectivity index (χ0v) is 14.0. The summed E-state index contributed by atoms with van der Waals surface area (Å²) in [5.74, 6) is 0.215. The molecule has 2 atom stereocenters. The van der Waals surface area contributed by atoms with Crippen LogP contribution in [0.2, 0.25) is 0 Å². The van der Waals surface area contributed by atoms with Gasteiger partial charge in [0.1, 0.15) is 11.9 Å². The van der Waals surface area contributed by atoms with Crippen molar-refractivity contribution in [1.29, 1.82) is 0 Å².